The molecule has 1 atom stereocenters. The van der Waals surface area contributed by atoms with Crippen molar-refractivity contribution >= 4 is 27.1 Å². The third-order valence-electron chi connectivity index (χ3n) is 2.24. The first kappa shape index (κ1) is 15.7. The molecule has 0 saturated heterocycles. The first-order valence-electron chi connectivity index (χ1n) is 5.55. The van der Waals surface area contributed by atoms with Crippen molar-refractivity contribution in [2.75, 3.05) is 17.3 Å². The summed E-state index contributed by atoms with van der Waals surface area (Å²) in [6.07, 6.45) is 4.07. The van der Waals surface area contributed by atoms with Gasteiger partial charge in [0.1, 0.15) is 14.9 Å². The van der Waals surface area contributed by atoms with Crippen molar-refractivity contribution in [2.24, 2.45) is 0 Å². The maximum atomic E-state index is 11.8. The van der Waals surface area contributed by atoms with Crippen LogP contribution in [0.25, 0.3) is 0 Å². The van der Waals surface area contributed by atoms with E-state index in [-0.39, 0.29) is 23.4 Å². The highest BCUT2D eigenvalue weighted by Gasteiger charge is 2.14. The molecule has 1 heterocycles. The predicted octanol–water partition coefficient (Wildman–Crippen LogP) is 0.928. The van der Waals surface area contributed by atoms with E-state index in [4.69, 9.17) is 11.6 Å². The second-order valence-electron chi connectivity index (χ2n) is 4.29. The van der Waals surface area contributed by atoms with E-state index in [1.54, 1.807) is 6.92 Å². The van der Waals surface area contributed by atoms with Crippen molar-refractivity contribution in [1.82, 2.24) is 9.78 Å². The molecule has 0 aromatic carbocycles. The smallest absolute Gasteiger partial charge is 0.287 e. The third-order valence-corrected chi connectivity index (χ3v) is 3.71. The van der Waals surface area contributed by atoms with E-state index in [0.29, 0.717) is 5.69 Å². The summed E-state index contributed by atoms with van der Waals surface area (Å²) in [5.74, 6) is -0.0565. The van der Waals surface area contributed by atoms with Gasteiger partial charge in [-0.2, -0.15) is 5.10 Å². The molecule has 1 rings (SSSR count). The summed E-state index contributed by atoms with van der Waals surface area (Å²) in [5.41, 5.74) is -0.124. The molecule has 106 valence electrons. The minimum atomic E-state index is -3.11. The van der Waals surface area contributed by atoms with Crippen LogP contribution in [-0.4, -0.2) is 36.2 Å². The lowest BCUT2D eigenvalue weighted by Gasteiger charge is -2.15. The molecule has 0 aliphatic rings. The maximum Gasteiger partial charge on any atom is 0.287 e. The first-order chi connectivity index (χ1) is 8.74. The van der Waals surface area contributed by atoms with Crippen LogP contribution in [0.1, 0.15) is 6.92 Å². The number of hydrogen-bond donors (Lipinski definition) is 1. The molecular weight excluding hydrogens is 290 g/mol. The van der Waals surface area contributed by atoms with Crippen LogP contribution in [-0.2, 0) is 16.4 Å². The van der Waals surface area contributed by atoms with Gasteiger partial charge in [0.25, 0.3) is 5.56 Å². The largest absolute Gasteiger partial charge is 0.379 e. The van der Waals surface area contributed by atoms with Crippen LogP contribution in [0.3, 0.4) is 0 Å². The van der Waals surface area contributed by atoms with Gasteiger partial charge in [-0.15, -0.1) is 6.58 Å². The molecule has 1 aromatic rings. The molecule has 0 fully saturated rings. The predicted molar refractivity (Wildman–Crippen MR) is 76.5 cm³/mol. The molecule has 6 nitrogen and oxygen atoms in total. The Morgan fingerprint density at radius 1 is 1.63 bits per heavy atom. The molecule has 1 aromatic heterocycles. The molecule has 0 spiro atoms. The number of sulfone groups is 1. The Hall–Kier alpha value is -1.34. The Morgan fingerprint density at radius 2 is 2.26 bits per heavy atom. The van der Waals surface area contributed by atoms with Gasteiger partial charge in [-0.1, -0.05) is 17.7 Å². The SMILES string of the molecule is C=CCn1ncc(NC(C)CS(C)(=O)=O)c(Cl)c1=O. The summed E-state index contributed by atoms with van der Waals surface area (Å²) in [6.45, 7) is 5.46. The number of anilines is 1. The van der Waals surface area contributed by atoms with Crippen LogP contribution in [0, 0.1) is 0 Å². The molecule has 0 aliphatic carbocycles. The molecule has 0 saturated carbocycles. The minimum absolute atomic E-state index is 0.0165. The van der Waals surface area contributed by atoms with Crippen molar-refractivity contribution in [1.29, 1.82) is 0 Å². The summed E-state index contributed by atoms with van der Waals surface area (Å²) in [7, 11) is -3.11. The van der Waals surface area contributed by atoms with Crippen LogP contribution in [0.5, 0.6) is 0 Å². The van der Waals surface area contributed by atoms with Crippen molar-refractivity contribution in [3.63, 3.8) is 0 Å². The van der Waals surface area contributed by atoms with Gasteiger partial charge in [0.2, 0.25) is 0 Å². The molecular formula is C11H16ClN3O3S. The number of halogens is 1. The zero-order chi connectivity index (χ0) is 14.6. The molecule has 0 radical (unpaired) electrons. The Balaban J connectivity index is 2.94. The fraction of sp³-hybridized carbons (Fsp3) is 0.455. The Bertz CT molecular complexity index is 625. The van der Waals surface area contributed by atoms with Gasteiger partial charge < -0.3 is 5.32 Å². The van der Waals surface area contributed by atoms with Crippen molar-refractivity contribution in [3.05, 3.63) is 34.2 Å². The van der Waals surface area contributed by atoms with Gasteiger partial charge in [-0.25, -0.2) is 13.1 Å². The number of nitrogens with zero attached hydrogens (tertiary/aromatic N) is 2. The van der Waals surface area contributed by atoms with Crippen molar-refractivity contribution in [3.8, 4) is 0 Å². The van der Waals surface area contributed by atoms with Gasteiger partial charge in [0.05, 0.1) is 24.2 Å². The number of rotatable bonds is 6. The normalized spacial score (nSPS) is 13.0. The van der Waals surface area contributed by atoms with Crippen LogP contribution in [0.15, 0.2) is 23.6 Å². The van der Waals surface area contributed by atoms with Crippen LogP contribution >= 0.6 is 11.6 Å². The quantitative estimate of drug-likeness (QED) is 0.791. The summed E-state index contributed by atoms with van der Waals surface area (Å²) >= 11 is 5.93. The lowest BCUT2D eigenvalue weighted by molar-refractivity contribution is 0.597. The van der Waals surface area contributed by atoms with Gasteiger partial charge in [0.15, 0.2) is 0 Å². The van der Waals surface area contributed by atoms with Gasteiger partial charge >= 0.3 is 0 Å². The number of hydrogen-bond acceptors (Lipinski definition) is 5. The molecule has 1 N–H and O–H groups in total. The van der Waals surface area contributed by atoms with Gasteiger partial charge in [-0.3, -0.25) is 4.79 Å². The molecule has 1 unspecified atom stereocenters. The highest BCUT2D eigenvalue weighted by atomic mass is 35.5. The standard InChI is InChI=1S/C11H16ClN3O3S/c1-4-5-15-11(16)10(12)9(6-13-15)14-8(2)7-19(3,17)18/h4,6,8,14H,1,5,7H2,2-3H3. The van der Waals surface area contributed by atoms with Crippen molar-refractivity contribution in [2.45, 2.75) is 19.5 Å². The van der Waals surface area contributed by atoms with E-state index < -0.39 is 15.4 Å². The van der Waals surface area contributed by atoms with E-state index >= 15 is 0 Å². The highest BCUT2D eigenvalue weighted by molar-refractivity contribution is 7.90. The zero-order valence-corrected chi connectivity index (χ0v) is 12.3. The lowest BCUT2D eigenvalue weighted by atomic mass is 10.3. The summed E-state index contributed by atoms with van der Waals surface area (Å²) in [5, 5.41) is 6.76. The Morgan fingerprint density at radius 3 is 2.79 bits per heavy atom. The van der Waals surface area contributed by atoms with Gasteiger partial charge in [0, 0.05) is 12.3 Å². The third kappa shape index (κ3) is 4.68. The second kappa shape index (κ2) is 6.21. The molecule has 0 bridgehead atoms. The molecule has 8 heteroatoms. The Kier molecular flexibility index (Phi) is 5.13. The molecule has 0 aliphatic heterocycles. The monoisotopic (exact) mass is 305 g/mol. The number of nitrogens with one attached hydrogen (secondary N) is 1. The summed E-state index contributed by atoms with van der Waals surface area (Å²) < 4.78 is 23.5. The average molecular weight is 306 g/mol. The molecule has 0 amide bonds. The second-order valence-corrected chi connectivity index (χ2v) is 6.85. The Labute approximate surface area is 117 Å². The van der Waals surface area contributed by atoms with E-state index in [0.717, 1.165) is 6.26 Å². The number of aromatic nitrogens is 2. The van der Waals surface area contributed by atoms with E-state index in [2.05, 4.69) is 17.0 Å². The number of allylic oxidation sites excluding steroid dienone is 1. The van der Waals surface area contributed by atoms with Gasteiger partial charge in [-0.05, 0) is 6.92 Å². The fourth-order valence-corrected chi connectivity index (χ4v) is 2.77. The minimum Gasteiger partial charge on any atom is -0.379 e. The summed E-state index contributed by atoms with van der Waals surface area (Å²) in [6, 6.07) is -0.371. The van der Waals surface area contributed by atoms with E-state index in [1.807, 2.05) is 0 Å². The summed E-state index contributed by atoms with van der Waals surface area (Å²) in [4.78, 5) is 11.8. The fourth-order valence-electron chi connectivity index (χ4n) is 1.58. The van der Waals surface area contributed by atoms with Crippen molar-refractivity contribution < 1.29 is 8.42 Å². The highest BCUT2D eigenvalue weighted by Crippen LogP contribution is 2.16. The maximum absolute atomic E-state index is 11.8. The lowest BCUT2D eigenvalue weighted by Crippen LogP contribution is -2.28. The molecule has 19 heavy (non-hydrogen) atoms. The van der Waals surface area contributed by atoms with E-state index in [9.17, 15) is 13.2 Å². The zero-order valence-electron chi connectivity index (χ0n) is 10.8. The average Bonchev–Trinajstić information content (AvgIpc) is 2.26. The van der Waals surface area contributed by atoms with E-state index in [1.165, 1.54) is 17.0 Å². The van der Waals surface area contributed by atoms with Crippen LogP contribution in [0.2, 0.25) is 5.02 Å². The van der Waals surface area contributed by atoms with Crippen LogP contribution < -0.4 is 10.9 Å². The first-order valence-corrected chi connectivity index (χ1v) is 7.99. The van der Waals surface area contributed by atoms with Crippen LogP contribution in [0.4, 0.5) is 5.69 Å². The topological polar surface area (TPSA) is 81.1 Å².